The summed E-state index contributed by atoms with van der Waals surface area (Å²) < 4.78 is 0. The van der Waals surface area contributed by atoms with Crippen molar-refractivity contribution in [3.8, 4) is 0 Å². The lowest BCUT2D eigenvalue weighted by Gasteiger charge is -2.28. The van der Waals surface area contributed by atoms with Crippen molar-refractivity contribution in [1.29, 1.82) is 0 Å². The van der Waals surface area contributed by atoms with Crippen molar-refractivity contribution >= 4 is 23.6 Å². The molecule has 2 heterocycles. The van der Waals surface area contributed by atoms with Crippen LogP contribution in [0, 0.1) is 0 Å². The molecule has 1 aliphatic carbocycles. The lowest BCUT2D eigenvalue weighted by molar-refractivity contribution is -0.129. The second-order valence-corrected chi connectivity index (χ2v) is 6.38. The Kier molecular flexibility index (Phi) is 3.77. The molecule has 1 aromatic heterocycles. The molecule has 0 saturated carbocycles. The number of rotatable bonds is 0. The van der Waals surface area contributed by atoms with E-state index in [4.69, 9.17) is 0 Å². The minimum absolute atomic E-state index is 0.171. The average molecular weight is 316 g/mol. The molecule has 1 aliphatic heterocycles. The number of amides is 1. The molecule has 1 fully saturated rings. The molecule has 120 valence electrons. The van der Waals surface area contributed by atoms with Crippen LogP contribution in [0.2, 0.25) is 0 Å². The van der Waals surface area contributed by atoms with Crippen molar-refractivity contribution in [2.24, 2.45) is 0 Å². The number of benzene rings is 1. The van der Waals surface area contributed by atoms with Crippen LogP contribution in [-0.4, -0.2) is 28.9 Å². The van der Waals surface area contributed by atoms with Gasteiger partial charge < -0.3 is 4.90 Å². The van der Waals surface area contributed by atoms with Gasteiger partial charge in [-0.05, 0) is 47.1 Å². The van der Waals surface area contributed by atoms with Gasteiger partial charge in [0.25, 0.3) is 0 Å². The smallest absolute Gasteiger partial charge is 0.219 e. The van der Waals surface area contributed by atoms with Crippen LogP contribution < -0.4 is 10.4 Å². The maximum Gasteiger partial charge on any atom is 0.219 e. The minimum Gasteiger partial charge on any atom is -0.342 e. The van der Waals surface area contributed by atoms with Gasteiger partial charge in [0, 0.05) is 31.8 Å². The number of carbonyl (C=O) groups is 1. The Balaban J connectivity index is 1.88. The fourth-order valence-corrected chi connectivity index (χ4v) is 3.57. The average Bonchev–Trinajstić information content (AvgIpc) is 2.78. The molecule has 0 spiro atoms. The van der Waals surface area contributed by atoms with E-state index in [1.54, 1.807) is 6.92 Å². The van der Waals surface area contributed by atoms with Crippen molar-refractivity contribution in [1.82, 2.24) is 9.88 Å². The van der Waals surface area contributed by atoms with Crippen LogP contribution in [-0.2, 0) is 4.79 Å². The molecule has 1 aromatic carbocycles. The van der Waals surface area contributed by atoms with E-state index in [2.05, 4.69) is 47.5 Å². The Bertz CT molecular complexity index is 946. The van der Waals surface area contributed by atoms with E-state index in [9.17, 15) is 4.79 Å². The van der Waals surface area contributed by atoms with E-state index >= 15 is 0 Å². The summed E-state index contributed by atoms with van der Waals surface area (Å²) in [5, 5.41) is 2.43. The molecular weight excluding hydrogens is 296 g/mol. The van der Waals surface area contributed by atoms with Gasteiger partial charge in [-0.3, -0.25) is 9.78 Å². The lowest BCUT2D eigenvalue weighted by Crippen LogP contribution is -2.34. The SMILES string of the molecule is CC(=O)N1CCC(=C2C=c3ccccc3=Cc3ncccc32)CC1. The van der Waals surface area contributed by atoms with Crippen LogP contribution in [0.4, 0.5) is 0 Å². The zero-order valence-corrected chi connectivity index (χ0v) is 13.8. The molecule has 1 saturated heterocycles. The summed E-state index contributed by atoms with van der Waals surface area (Å²) in [5.74, 6) is 0.171. The van der Waals surface area contributed by atoms with Crippen molar-refractivity contribution in [3.63, 3.8) is 0 Å². The predicted octanol–water partition coefficient (Wildman–Crippen LogP) is 2.10. The largest absolute Gasteiger partial charge is 0.342 e. The summed E-state index contributed by atoms with van der Waals surface area (Å²) in [6.45, 7) is 3.27. The normalized spacial score (nSPS) is 16.5. The second-order valence-electron chi connectivity index (χ2n) is 6.38. The molecular formula is C21H20N2O. The number of aromatic nitrogens is 1. The number of carbonyl (C=O) groups excluding carboxylic acids is 1. The van der Waals surface area contributed by atoms with Crippen molar-refractivity contribution in [3.05, 3.63) is 69.9 Å². The molecule has 0 atom stereocenters. The molecule has 24 heavy (non-hydrogen) atoms. The highest BCUT2D eigenvalue weighted by atomic mass is 16.2. The van der Waals surface area contributed by atoms with Gasteiger partial charge in [-0.25, -0.2) is 0 Å². The van der Waals surface area contributed by atoms with Crippen LogP contribution in [0.1, 0.15) is 31.0 Å². The van der Waals surface area contributed by atoms with Gasteiger partial charge in [-0.1, -0.05) is 35.9 Å². The van der Waals surface area contributed by atoms with Gasteiger partial charge in [-0.15, -0.1) is 0 Å². The van der Waals surface area contributed by atoms with Crippen LogP contribution >= 0.6 is 0 Å². The fraction of sp³-hybridized carbons (Fsp3) is 0.238. The highest BCUT2D eigenvalue weighted by Gasteiger charge is 2.20. The first-order chi connectivity index (χ1) is 11.7. The highest BCUT2D eigenvalue weighted by molar-refractivity contribution is 5.94. The molecule has 0 bridgehead atoms. The molecule has 0 N–H and O–H groups in total. The van der Waals surface area contributed by atoms with Crippen LogP contribution in [0.5, 0.6) is 0 Å². The number of hydrogen-bond donors (Lipinski definition) is 0. The third kappa shape index (κ3) is 2.67. The Hall–Kier alpha value is -2.68. The molecule has 3 heteroatoms. The number of pyridine rings is 1. The molecule has 0 unspecified atom stereocenters. The Labute approximate surface area is 141 Å². The van der Waals surface area contributed by atoms with Crippen molar-refractivity contribution < 1.29 is 4.79 Å². The van der Waals surface area contributed by atoms with E-state index < -0.39 is 0 Å². The van der Waals surface area contributed by atoms with Gasteiger partial charge >= 0.3 is 0 Å². The monoisotopic (exact) mass is 316 g/mol. The molecule has 1 amide bonds. The number of nitrogens with zero attached hydrogens (tertiary/aromatic N) is 2. The third-order valence-electron chi connectivity index (χ3n) is 4.91. The zero-order chi connectivity index (χ0) is 16.5. The number of fused-ring (bicyclic) bond motifs is 2. The molecule has 4 rings (SSSR count). The summed E-state index contributed by atoms with van der Waals surface area (Å²) in [7, 11) is 0. The standard InChI is InChI=1S/C21H20N2O/c1-15(24)23-11-8-16(9-12-23)20-13-17-5-2-3-6-18(17)14-21-19(20)7-4-10-22-21/h2-7,10,13-14H,8-9,11-12H2,1H3. The Morgan fingerprint density at radius 3 is 2.42 bits per heavy atom. The summed E-state index contributed by atoms with van der Waals surface area (Å²) in [6, 6.07) is 12.6. The quantitative estimate of drug-likeness (QED) is 0.746. The number of allylic oxidation sites excluding steroid dienone is 1. The zero-order valence-electron chi connectivity index (χ0n) is 13.8. The number of hydrogen-bond acceptors (Lipinski definition) is 2. The topological polar surface area (TPSA) is 33.2 Å². The van der Waals surface area contributed by atoms with Gasteiger partial charge in [0.1, 0.15) is 0 Å². The van der Waals surface area contributed by atoms with E-state index in [0.717, 1.165) is 31.6 Å². The lowest BCUT2D eigenvalue weighted by atomic mass is 9.92. The van der Waals surface area contributed by atoms with Gasteiger partial charge in [0.05, 0.1) is 5.69 Å². The van der Waals surface area contributed by atoms with E-state index in [-0.39, 0.29) is 5.91 Å². The summed E-state index contributed by atoms with van der Waals surface area (Å²) in [6.07, 6.45) is 8.17. The Morgan fingerprint density at radius 1 is 1.00 bits per heavy atom. The predicted molar refractivity (Wildman–Crippen MR) is 96.4 cm³/mol. The van der Waals surface area contributed by atoms with Crippen LogP contribution in [0.15, 0.2) is 48.2 Å². The van der Waals surface area contributed by atoms with Gasteiger partial charge in [0.15, 0.2) is 0 Å². The van der Waals surface area contributed by atoms with Crippen LogP contribution in [0.25, 0.3) is 17.7 Å². The van der Waals surface area contributed by atoms with E-state index in [1.807, 2.05) is 17.2 Å². The first kappa shape index (κ1) is 14.9. The molecule has 2 aliphatic rings. The first-order valence-electron chi connectivity index (χ1n) is 8.44. The van der Waals surface area contributed by atoms with E-state index in [0.29, 0.717) is 0 Å². The van der Waals surface area contributed by atoms with Gasteiger partial charge in [-0.2, -0.15) is 0 Å². The molecule has 3 nitrogen and oxygen atoms in total. The second kappa shape index (κ2) is 6.08. The maximum absolute atomic E-state index is 11.6. The summed E-state index contributed by atoms with van der Waals surface area (Å²) in [5.41, 5.74) is 4.92. The maximum atomic E-state index is 11.6. The van der Waals surface area contributed by atoms with Crippen molar-refractivity contribution in [2.75, 3.05) is 13.1 Å². The Morgan fingerprint density at radius 2 is 1.71 bits per heavy atom. The highest BCUT2D eigenvalue weighted by Crippen LogP contribution is 2.30. The minimum atomic E-state index is 0.171. The number of likely N-dealkylation sites (tertiary alicyclic amines) is 1. The fourth-order valence-electron chi connectivity index (χ4n) is 3.57. The summed E-state index contributed by atoms with van der Waals surface area (Å²) in [4.78, 5) is 18.1. The molecule has 0 radical (unpaired) electrons. The third-order valence-corrected chi connectivity index (χ3v) is 4.91. The number of piperidine rings is 1. The molecule has 2 aromatic rings. The van der Waals surface area contributed by atoms with Crippen LogP contribution in [0.3, 0.4) is 0 Å². The first-order valence-corrected chi connectivity index (χ1v) is 8.44. The van der Waals surface area contributed by atoms with E-state index in [1.165, 1.54) is 27.1 Å². The van der Waals surface area contributed by atoms with Crippen molar-refractivity contribution in [2.45, 2.75) is 19.8 Å². The summed E-state index contributed by atoms with van der Waals surface area (Å²) >= 11 is 0. The van der Waals surface area contributed by atoms with Gasteiger partial charge in [0.2, 0.25) is 5.91 Å².